The minimum atomic E-state index is -0.544. The van der Waals surface area contributed by atoms with Crippen molar-refractivity contribution in [3.8, 4) is 5.75 Å². The van der Waals surface area contributed by atoms with Crippen molar-refractivity contribution >= 4 is 0 Å². The van der Waals surface area contributed by atoms with Crippen LogP contribution in [0.3, 0.4) is 0 Å². The van der Waals surface area contributed by atoms with Gasteiger partial charge in [-0.3, -0.25) is 4.90 Å². The Morgan fingerprint density at radius 1 is 1.35 bits per heavy atom. The standard InChI is InChI=1S/C16H25FN2O/c1-2-19(15-6-4-3-5-13(15)10-18)11-12-7-8-16(20)14(17)9-12/h7-9,13,15,20H,2-6,10-11,18H2,1H3. The Labute approximate surface area is 120 Å². The molecule has 2 atom stereocenters. The lowest BCUT2D eigenvalue weighted by molar-refractivity contribution is 0.105. The predicted molar refractivity (Wildman–Crippen MR) is 78.9 cm³/mol. The first-order valence-corrected chi connectivity index (χ1v) is 7.57. The quantitative estimate of drug-likeness (QED) is 0.872. The van der Waals surface area contributed by atoms with Crippen LogP contribution in [-0.4, -0.2) is 29.1 Å². The summed E-state index contributed by atoms with van der Waals surface area (Å²) in [5.41, 5.74) is 6.81. The molecule has 112 valence electrons. The van der Waals surface area contributed by atoms with Gasteiger partial charge in [0, 0.05) is 12.6 Å². The molecule has 0 radical (unpaired) electrons. The smallest absolute Gasteiger partial charge is 0.165 e. The van der Waals surface area contributed by atoms with Gasteiger partial charge in [-0.25, -0.2) is 4.39 Å². The van der Waals surface area contributed by atoms with Crippen molar-refractivity contribution in [3.05, 3.63) is 29.6 Å². The van der Waals surface area contributed by atoms with Crippen LogP contribution in [0.15, 0.2) is 18.2 Å². The first-order valence-electron chi connectivity index (χ1n) is 7.57. The van der Waals surface area contributed by atoms with Crippen LogP contribution in [-0.2, 0) is 6.54 Å². The molecule has 2 rings (SSSR count). The van der Waals surface area contributed by atoms with E-state index in [0.717, 1.165) is 25.2 Å². The normalized spacial score (nSPS) is 23.2. The van der Waals surface area contributed by atoms with E-state index < -0.39 is 5.82 Å². The van der Waals surface area contributed by atoms with Crippen molar-refractivity contribution in [2.24, 2.45) is 11.7 Å². The predicted octanol–water partition coefficient (Wildman–Crippen LogP) is 2.87. The molecule has 2 unspecified atom stereocenters. The summed E-state index contributed by atoms with van der Waals surface area (Å²) < 4.78 is 13.4. The Kier molecular flexibility index (Phi) is 5.38. The molecule has 3 N–H and O–H groups in total. The van der Waals surface area contributed by atoms with E-state index in [9.17, 15) is 9.50 Å². The number of rotatable bonds is 5. The third-order valence-corrected chi connectivity index (χ3v) is 4.44. The van der Waals surface area contributed by atoms with Gasteiger partial charge < -0.3 is 10.8 Å². The number of phenolic OH excluding ortho intramolecular Hbond substituents is 1. The lowest BCUT2D eigenvalue weighted by atomic mass is 9.83. The van der Waals surface area contributed by atoms with Crippen molar-refractivity contribution < 1.29 is 9.50 Å². The van der Waals surface area contributed by atoms with Gasteiger partial charge in [0.2, 0.25) is 0 Å². The van der Waals surface area contributed by atoms with Crippen molar-refractivity contribution in [1.82, 2.24) is 4.90 Å². The highest BCUT2D eigenvalue weighted by Crippen LogP contribution is 2.29. The fourth-order valence-corrected chi connectivity index (χ4v) is 3.29. The second-order valence-electron chi connectivity index (χ2n) is 5.70. The summed E-state index contributed by atoms with van der Waals surface area (Å²) in [5.74, 6) is -0.280. The zero-order chi connectivity index (χ0) is 14.5. The van der Waals surface area contributed by atoms with Crippen LogP contribution < -0.4 is 5.73 Å². The van der Waals surface area contributed by atoms with Crippen LogP contribution in [0.2, 0.25) is 0 Å². The zero-order valence-corrected chi connectivity index (χ0v) is 12.2. The summed E-state index contributed by atoms with van der Waals surface area (Å²) >= 11 is 0. The average Bonchev–Trinajstić information content (AvgIpc) is 2.48. The minimum absolute atomic E-state index is 0.283. The molecular formula is C16H25FN2O. The van der Waals surface area contributed by atoms with E-state index in [1.807, 2.05) is 0 Å². The summed E-state index contributed by atoms with van der Waals surface area (Å²) in [5, 5.41) is 9.26. The largest absolute Gasteiger partial charge is 0.505 e. The minimum Gasteiger partial charge on any atom is -0.505 e. The molecule has 0 heterocycles. The van der Waals surface area contributed by atoms with Crippen molar-refractivity contribution in [2.45, 2.75) is 45.2 Å². The molecule has 0 bridgehead atoms. The lowest BCUT2D eigenvalue weighted by Crippen LogP contribution is -2.44. The first kappa shape index (κ1) is 15.3. The number of nitrogens with two attached hydrogens (primary N) is 1. The molecule has 1 aliphatic rings. The molecule has 1 fully saturated rings. The van der Waals surface area contributed by atoms with Crippen LogP contribution in [0.25, 0.3) is 0 Å². The molecule has 3 nitrogen and oxygen atoms in total. The summed E-state index contributed by atoms with van der Waals surface area (Å²) in [6.07, 6.45) is 4.89. The molecule has 20 heavy (non-hydrogen) atoms. The zero-order valence-electron chi connectivity index (χ0n) is 12.2. The van der Waals surface area contributed by atoms with Crippen molar-refractivity contribution in [3.63, 3.8) is 0 Å². The van der Waals surface area contributed by atoms with Gasteiger partial charge in [-0.1, -0.05) is 25.8 Å². The fourth-order valence-electron chi connectivity index (χ4n) is 3.29. The van der Waals surface area contributed by atoms with E-state index in [4.69, 9.17) is 5.73 Å². The summed E-state index contributed by atoms with van der Waals surface area (Å²) in [6, 6.07) is 5.15. The van der Waals surface area contributed by atoms with E-state index in [-0.39, 0.29) is 5.75 Å². The van der Waals surface area contributed by atoms with Crippen molar-refractivity contribution in [1.29, 1.82) is 0 Å². The van der Waals surface area contributed by atoms with Gasteiger partial charge in [-0.15, -0.1) is 0 Å². The number of benzene rings is 1. The van der Waals surface area contributed by atoms with Crippen LogP contribution in [0.4, 0.5) is 4.39 Å². The number of hydrogen-bond donors (Lipinski definition) is 2. The summed E-state index contributed by atoms with van der Waals surface area (Å²) in [4.78, 5) is 2.39. The monoisotopic (exact) mass is 280 g/mol. The molecule has 0 aromatic heterocycles. The first-order chi connectivity index (χ1) is 9.65. The van der Waals surface area contributed by atoms with Gasteiger partial charge >= 0.3 is 0 Å². The summed E-state index contributed by atoms with van der Waals surface area (Å²) in [7, 11) is 0. The molecule has 4 heteroatoms. The highest BCUT2D eigenvalue weighted by molar-refractivity contribution is 5.28. The maximum absolute atomic E-state index is 13.4. The third-order valence-electron chi connectivity index (χ3n) is 4.44. The van der Waals surface area contributed by atoms with E-state index >= 15 is 0 Å². The van der Waals surface area contributed by atoms with Crippen LogP contribution in [0, 0.1) is 11.7 Å². The Morgan fingerprint density at radius 3 is 2.75 bits per heavy atom. The van der Waals surface area contributed by atoms with E-state index in [2.05, 4.69) is 11.8 Å². The highest BCUT2D eigenvalue weighted by Gasteiger charge is 2.28. The molecule has 0 saturated heterocycles. The molecule has 1 aromatic rings. The van der Waals surface area contributed by atoms with Gasteiger partial charge in [-0.2, -0.15) is 0 Å². The van der Waals surface area contributed by atoms with Crippen LogP contribution in [0.1, 0.15) is 38.2 Å². The Hall–Kier alpha value is -1.13. The molecule has 0 aliphatic heterocycles. The fraction of sp³-hybridized carbons (Fsp3) is 0.625. The topological polar surface area (TPSA) is 49.5 Å². The van der Waals surface area contributed by atoms with E-state index in [1.54, 1.807) is 6.07 Å². The number of hydrogen-bond acceptors (Lipinski definition) is 3. The van der Waals surface area contributed by atoms with Crippen molar-refractivity contribution in [2.75, 3.05) is 13.1 Å². The molecule has 0 amide bonds. The lowest BCUT2D eigenvalue weighted by Gasteiger charge is -2.39. The maximum Gasteiger partial charge on any atom is 0.165 e. The van der Waals surface area contributed by atoms with Gasteiger partial charge in [0.25, 0.3) is 0 Å². The summed E-state index contributed by atoms with van der Waals surface area (Å²) in [6.45, 7) is 4.52. The molecule has 1 aliphatic carbocycles. The van der Waals surface area contributed by atoms with Crippen LogP contribution in [0.5, 0.6) is 5.75 Å². The SMILES string of the molecule is CCN(Cc1ccc(O)c(F)c1)C1CCCCC1CN. The number of halogens is 1. The Bertz CT molecular complexity index is 438. The van der Waals surface area contributed by atoms with Gasteiger partial charge in [0.05, 0.1) is 0 Å². The van der Waals surface area contributed by atoms with Crippen LogP contribution >= 0.6 is 0 Å². The number of nitrogens with zero attached hydrogens (tertiary/aromatic N) is 1. The maximum atomic E-state index is 13.4. The Balaban J connectivity index is 2.09. The second kappa shape index (κ2) is 7.04. The average molecular weight is 280 g/mol. The van der Waals surface area contributed by atoms with Gasteiger partial charge in [-0.05, 0) is 49.5 Å². The van der Waals surface area contributed by atoms with E-state index in [1.165, 1.54) is 37.8 Å². The third kappa shape index (κ3) is 3.49. The van der Waals surface area contributed by atoms with Gasteiger partial charge in [0.15, 0.2) is 11.6 Å². The molecular weight excluding hydrogens is 255 g/mol. The highest BCUT2D eigenvalue weighted by atomic mass is 19.1. The van der Waals surface area contributed by atoms with Gasteiger partial charge in [0.1, 0.15) is 0 Å². The molecule has 1 saturated carbocycles. The number of aromatic hydroxyl groups is 1. The molecule has 1 aromatic carbocycles. The molecule has 0 spiro atoms. The Morgan fingerprint density at radius 2 is 2.10 bits per heavy atom. The number of phenols is 1. The second-order valence-corrected chi connectivity index (χ2v) is 5.70. The van der Waals surface area contributed by atoms with E-state index in [0.29, 0.717) is 12.0 Å².